The molecule has 1 aromatic heterocycles. The van der Waals surface area contributed by atoms with Crippen LogP contribution in [0.1, 0.15) is 12.7 Å². The van der Waals surface area contributed by atoms with Crippen molar-refractivity contribution in [3.05, 3.63) is 53.3 Å². The van der Waals surface area contributed by atoms with Gasteiger partial charge in [0.25, 0.3) is 0 Å². The normalized spacial score (nSPS) is 11.6. The van der Waals surface area contributed by atoms with Crippen LogP contribution in [-0.2, 0) is 18.4 Å². The maximum absolute atomic E-state index is 12.7. The van der Waals surface area contributed by atoms with Crippen LogP contribution in [0.25, 0.3) is 0 Å². The number of thioether (sulfide) groups is 1. The second-order valence-corrected chi connectivity index (χ2v) is 8.24. The van der Waals surface area contributed by atoms with Crippen LogP contribution in [-0.4, -0.2) is 40.1 Å². The summed E-state index contributed by atoms with van der Waals surface area (Å²) in [7, 11) is 4.94. The quantitative estimate of drug-likeness (QED) is 0.477. The van der Waals surface area contributed by atoms with Gasteiger partial charge in [-0.3, -0.25) is 4.79 Å². The van der Waals surface area contributed by atoms with Crippen molar-refractivity contribution < 1.29 is 19.0 Å². The second kappa shape index (κ2) is 10.4. The van der Waals surface area contributed by atoms with E-state index in [1.807, 2.05) is 19.2 Å². The van der Waals surface area contributed by atoms with Gasteiger partial charge in [0.05, 0.1) is 24.5 Å². The number of para-hydroxylation sites is 1. The zero-order valence-corrected chi connectivity index (χ0v) is 19.2. The largest absolute Gasteiger partial charge is 0.497 e. The van der Waals surface area contributed by atoms with Crippen LogP contribution >= 0.6 is 23.4 Å². The lowest BCUT2D eigenvalue weighted by atomic mass is 10.2. The number of amides is 1. The Hall–Kier alpha value is -2.91. The van der Waals surface area contributed by atoms with E-state index in [4.69, 9.17) is 25.8 Å². The van der Waals surface area contributed by atoms with Crippen molar-refractivity contribution in [1.29, 1.82) is 0 Å². The number of hydrogen-bond donors (Lipinski definition) is 1. The first-order valence-electron chi connectivity index (χ1n) is 9.37. The molecule has 0 aliphatic heterocycles. The van der Waals surface area contributed by atoms with Crippen molar-refractivity contribution in [2.24, 2.45) is 7.05 Å². The summed E-state index contributed by atoms with van der Waals surface area (Å²) in [6.07, 6.45) is 0. The molecule has 0 fully saturated rings. The van der Waals surface area contributed by atoms with Crippen molar-refractivity contribution in [2.45, 2.75) is 23.9 Å². The van der Waals surface area contributed by atoms with E-state index in [1.165, 1.54) is 11.8 Å². The van der Waals surface area contributed by atoms with E-state index in [2.05, 4.69) is 15.5 Å². The third-order valence-corrected chi connectivity index (χ3v) is 5.84. The van der Waals surface area contributed by atoms with Crippen molar-refractivity contribution in [1.82, 2.24) is 14.8 Å². The summed E-state index contributed by atoms with van der Waals surface area (Å²) in [5.74, 6) is 2.19. The van der Waals surface area contributed by atoms with Crippen LogP contribution < -0.4 is 19.5 Å². The molecule has 31 heavy (non-hydrogen) atoms. The summed E-state index contributed by atoms with van der Waals surface area (Å²) >= 11 is 7.41. The van der Waals surface area contributed by atoms with Crippen molar-refractivity contribution >= 4 is 35.0 Å². The predicted octanol–water partition coefficient (Wildman–Crippen LogP) is 4.18. The molecule has 0 saturated heterocycles. The second-order valence-electron chi connectivity index (χ2n) is 6.53. The molecule has 0 aliphatic rings. The summed E-state index contributed by atoms with van der Waals surface area (Å²) < 4.78 is 18.0. The Morgan fingerprint density at radius 1 is 1.16 bits per heavy atom. The summed E-state index contributed by atoms with van der Waals surface area (Å²) in [4.78, 5) is 12.7. The number of nitrogens with one attached hydrogen (secondary N) is 1. The molecule has 1 N–H and O–H groups in total. The van der Waals surface area contributed by atoms with E-state index < -0.39 is 5.25 Å². The maximum atomic E-state index is 12.7. The molecule has 0 saturated carbocycles. The number of nitrogens with zero attached hydrogens (tertiary/aromatic N) is 3. The number of benzene rings is 2. The van der Waals surface area contributed by atoms with Gasteiger partial charge < -0.3 is 24.1 Å². The van der Waals surface area contributed by atoms with Gasteiger partial charge in [0, 0.05) is 30.9 Å². The Balaban J connectivity index is 1.62. The molecule has 3 aromatic rings. The lowest BCUT2D eigenvalue weighted by Crippen LogP contribution is -2.23. The van der Waals surface area contributed by atoms with Gasteiger partial charge in [-0.2, -0.15) is 0 Å². The van der Waals surface area contributed by atoms with Gasteiger partial charge >= 0.3 is 0 Å². The summed E-state index contributed by atoms with van der Waals surface area (Å²) in [5.41, 5.74) is 0.584. The molecule has 2 aromatic carbocycles. The van der Waals surface area contributed by atoms with Gasteiger partial charge in [-0.25, -0.2) is 0 Å². The third kappa shape index (κ3) is 5.83. The fourth-order valence-electron chi connectivity index (χ4n) is 2.61. The number of carbonyl (C=O) groups excluding carboxylic acids is 1. The molecule has 3 rings (SSSR count). The van der Waals surface area contributed by atoms with E-state index >= 15 is 0 Å². The molecular weight excluding hydrogens is 440 g/mol. The zero-order chi connectivity index (χ0) is 22.4. The molecule has 0 aliphatic carbocycles. The molecule has 0 bridgehead atoms. The highest BCUT2D eigenvalue weighted by Crippen LogP contribution is 2.28. The molecule has 1 amide bonds. The zero-order valence-electron chi connectivity index (χ0n) is 17.6. The number of halogens is 1. The fraction of sp³-hybridized carbons (Fsp3) is 0.286. The molecule has 8 nitrogen and oxygen atoms in total. The minimum atomic E-state index is -0.419. The highest BCUT2D eigenvalue weighted by atomic mass is 35.5. The molecule has 1 heterocycles. The fourth-order valence-corrected chi connectivity index (χ4v) is 3.64. The Labute approximate surface area is 189 Å². The third-order valence-electron chi connectivity index (χ3n) is 4.39. The molecule has 0 spiro atoms. The maximum Gasteiger partial charge on any atom is 0.237 e. The van der Waals surface area contributed by atoms with E-state index in [-0.39, 0.29) is 12.5 Å². The Morgan fingerprint density at radius 3 is 2.48 bits per heavy atom. The summed E-state index contributed by atoms with van der Waals surface area (Å²) in [6.45, 7) is 2.00. The molecule has 164 valence electrons. The lowest BCUT2D eigenvalue weighted by molar-refractivity contribution is -0.115. The molecule has 0 radical (unpaired) electrons. The van der Waals surface area contributed by atoms with Crippen molar-refractivity contribution in [3.63, 3.8) is 0 Å². The number of hydrogen-bond acceptors (Lipinski definition) is 7. The minimum Gasteiger partial charge on any atom is -0.497 e. The summed E-state index contributed by atoms with van der Waals surface area (Å²) in [5, 5.41) is 11.9. The number of anilines is 1. The average molecular weight is 463 g/mol. The average Bonchev–Trinajstić information content (AvgIpc) is 3.11. The molecule has 1 unspecified atom stereocenters. The van der Waals surface area contributed by atoms with Crippen LogP contribution in [0.5, 0.6) is 17.2 Å². The first-order chi connectivity index (χ1) is 14.9. The number of carbonyl (C=O) groups is 1. The van der Waals surface area contributed by atoms with Crippen LogP contribution in [0.15, 0.2) is 47.6 Å². The van der Waals surface area contributed by atoms with E-state index in [1.54, 1.807) is 56.0 Å². The minimum absolute atomic E-state index is 0.183. The van der Waals surface area contributed by atoms with Crippen molar-refractivity contribution in [2.75, 3.05) is 19.5 Å². The van der Waals surface area contributed by atoms with Gasteiger partial charge in [0.1, 0.15) is 23.9 Å². The Bertz CT molecular complexity index is 1040. The monoisotopic (exact) mass is 462 g/mol. The topological polar surface area (TPSA) is 87.5 Å². The predicted molar refractivity (Wildman–Crippen MR) is 120 cm³/mol. The van der Waals surface area contributed by atoms with Crippen LogP contribution in [0, 0.1) is 0 Å². The first kappa shape index (κ1) is 22.8. The number of ether oxygens (including phenoxy) is 3. The lowest BCUT2D eigenvalue weighted by Gasteiger charge is -2.13. The highest BCUT2D eigenvalue weighted by molar-refractivity contribution is 8.00. The Kier molecular flexibility index (Phi) is 7.64. The standard InChI is InChI=1S/C21H23ClN4O4S/c1-13(20(27)23-14-9-15(28-3)11-16(10-14)29-4)31-21-25-24-19(26(21)2)12-30-18-8-6-5-7-17(18)22/h5-11,13H,12H2,1-4H3,(H,23,27). The molecule has 10 heteroatoms. The summed E-state index contributed by atoms with van der Waals surface area (Å²) in [6, 6.07) is 12.4. The smallest absolute Gasteiger partial charge is 0.237 e. The van der Waals surface area contributed by atoms with Gasteiger partial charge in [-0.05, 0) is 19.1 Å². The van der Waals surface area contributed by atoms with Crippen molar-refractivity contribution in [3.8, 4) is 17.2 Å². The van der Waals surface area contributed by atoms with Gasteiger partial charge in [-0.15, -0.1) is 10.2 Å². The van der Waals surface area contributed by atoms with E-state index in [0.717, 1.165) is 0 Å². The number of rotatable bonds is 9. The van der Waals surface area contributed by atoms with Crippen LogP contribution in [0.4, 0.5) is 5.69 Å². The Morgan fingerprint density at radius 2 is 1.84 bits per heavy atom. The van der Waals surface area contributed by atoms with Gasteiger partial charge in [-0.1, -0.05) is 35.5 Å². The first-order valence-corrected chi connectivity index (χ1v) is 10.6. The molecule has 1 atom stereocenters. The van der Waals surface area contributed by atoms with E-state index in [0.29, 0.717) is 38.9 Å². The van der Waals surface area contributed by atoms with Crippen LogP contribution in [0.3, 0.4) is 0 Å². The van der Waals surface area contributed by atoms with Crippen LogP contribution in [0.2, 0.25) is 5.02 Å². The molecular formula is C21H23ClN4O4S. The number of aromatic nitrogens is 3. The SMILES string of the molecule is COc1cc(NC(=O)C(C)Sc2nnc(COc3ccccc3Cl)n2C)cc(OC)c1. The number of methoxy groups -OCH3 is 2. The van der Waals surface area contributed by atoms with E-state index in [9.17, 15) is 4.79 Å². The van der Waals surface area contributed by atoms with Gasteiger partial charge in [0.15, 0.2) is 11.0 Å². The van der Waals surface area contributed by atoms with Gasteiger partial charge in [0.2, 0.25) is 5.91 Å². The highest BCUT2D eigenvalue weighted by Gasteiger charge is 2.20.